The Morgan fingerprint density at radius 2 is 2.25 bits per heavy atom. The molecular formula is C11H8F2N2O. The number of oxazole rings is 1. The van der Waals surface area contributed by atoms with Gasteiger partial charge in [-0.05, 0) is 12.1 Å². The largest absolute Gasteiger partial charge is 0.441 e. The maximum absolute atomic E-state index is 13.4. The lowest BCUT2D eigenvalue weighted by Crippen LogP contribution is -2.11. The third-order valence-electron chi connectivity index (χ3n) is 2.22. The summed E-state index contributed by atoms with van der Waals surface area (Å²) in [5, 5.41) is 8.31. The van der Waals surface area contributed by atoms with E-state index in [0.29, 0.717) is 17.0 Å². The first-order valence-corrected chi connectivity index (χ1v) is 4.65. The number of hydrogen-bond donors (Lipinski definition) is 0. The van der Waals surface area contributed by atoms with Crippen molar-refractivity contribution in [2.24, 2.45) is 0 Å². The molecule has 1 aromatic carbocycles. The standard InChI is InChI=1S/C11H8F2N2O/c1-7-15-9-3-2-8(6-10(9)16-7)11(12,13)4-5-14/h2-3,6H,4H2,1H3. The summed E-state index contributed by atoms with van der Waals surface area (Å²) in [6, 6.07) is 5.42. The number of hydrogen-bond acceptors (Lipinski definition) is 3. The minimum atomic E-state index is -3.15. The predicted molar refractivity (Wildman–Crippen MR) is 52.9 cm³/mol. The summed E-state index contributed by atoms with van der Waals surface area (Å²) >= 11 is 0. The average Bonchev–Trinajstić information content (AvgIpc) is 2.56. The molecule has 2 aromatic rings. The van der Waals surface area contributed by atoms with E-state index in [4.69, 9.17) is 9.68 Å². The second-order valence-electron chi connectivity index (χ2n) is 3.45. The van der Waals surface area contributed by atoms with E-state index in [1.54, 1.807) is 6.92 Å². The number of aromatic nitrogens is 1. The molecule has 82 valence electrons. The second kappa shape index (κ2) is 3.56. The minimum absolute atomic E-state index is 0.224. The van der Waals surface area contributed by atoms with Crippen LogP contribution in [-0.4, -0.2) is 4.98 Å². The third-order valence-corrected chi connectivity index (χ3v) is 2.22. The normalized spacial score (nSPS) is 11.6. The van der Waals surface area contributed by atoms with Crippen molar-refractivity contribution >= 4 is 11.1 Å². The monoisotopic (exact) mass is 222 g/mol. The van der Waals surface area contributed by atoms with Crippen LogP contribution in [0, 0.1) is 18.3 Å². The van der Waals surface area contributed by atoms with Gasteiger partial charge in [0, 0.05) is 12.5 Å². The van der Waals surface area contributed by atoms with Crippen LogP contribution in [0.3, 0.4) is 0 Å². The van der Waals surface area contributed by atoms with Crippen molar-refractivity contribution in [2.75, 3.05) is 0 Å². The topological polar surface area (TPSA) is 49.8 Å². The second-order valence-corrected chi connectivity index (χ2v) is 3.45. The van der Waals surface area contributed by atoms with E-state index in [2.05, 4.69) is 4.98 Å². The smallest absolute Gasteiger partial charge is 0.286 e. The Kier molecular flexibility index (Phi) is 2.35. The van der Waals surface area contributed by atoms with Crippen LogP contribution in [0.2, 0.25) is 0 Å². The maximum Gasteiger partial charge on any atom is 0.286 e. The van der Waals surface area contributed by atoms with E-state index in [9.17, 15) is 8.78 Å². The number of nitriles is 1. The van der Waals surface area contributed by atoms with Crippen molar-refractivity contribution in [3.05, 3.63) is 29.7 Å². The Hall–Kier alpha value is -1.96. The van der Waals surface area contributed by atoms with Crippen molar-refractivity contribution in [2.45, 2.75) is 19.3 Å². The first kappa shape index (κ1) is 10.6. The molecular weight excluding hydrogens is 214 g/mol. The molecule has 0 unspecified atom stereocenters. The molecule has 0 aliphatic carbocycles. The Morgan fingerprint density at radius 1 is 1.50 bits per heavy atom. The molecule has 16 heavy (non-hydrogen) atoms. The molecule has 1 aromatic heterocycles. The van der Waals surface area contributed by atoms with Gasteiger partial charge in [-0.1, -0.05) is 6.07 Å². The fraction of sp³-hybridized carbons (Fsp3) is 0.273. The number of alkyl halides is 2. The van der Waals surface area contributed by atoms with Gasteiger partial charge in [0.05, 0.1) is 6.07 Å². The number of aryl methyl sites for hydroxylation is 1. The molecule has 2 rings (SSSR count). The zero-order chi connectivity index (χ0) is 11.8. The Balaban J connectivity index is 2.50. The summed E-state index contributed by atoms with van der Waals surface area (Å²) in [6.45, 7) is 1.65. The lowest BCUT2D eigenvalue weighted by molar-refractivity contribution is 0.00100. The summed E-state index contributed by atoms with van der Waals surface area (Å²) in [6.07, 6.45) is -0.842. The third kappa shape index (κ3) is 1.74. The first-order chi connectivity index (χ1) is 7.53. The molecule has 0 amide bonds. The molecule has 1 heterocycles. The number of fused-ring (bicyclic) bond motifs is 1. The van der Waals surface area contributed by atoms with E-state index in [1.807, 2.05) is 0 Å². The van der Waals surface area contributed by atoms with Crippen molar-refractivity contribution in [1.82, 2.24) is 4.98 Å². The van der Waals surface area contributed by atoms with Crippen molar-refractivity contribution < 1.29 is 13.2 Å². The Labute approximate surface area is 90.3 Å². The Bertz CT molecular complexity index is 569. The highest BCUT2D eigenvalue weighted by Gasteiger charge is 2.31. The summed E-state index contributed by atoms with van der Waals surface area (Å²) < 4.78 is 32.0. The van der Waals surface area contributed by atoms with Gasteiger partial charge in [0.2, 0.25) is 0 Å². The molecule has 0 atom stereocenters. The van der Waals surface area contributed by atoms with Crippen LogP contribution < -0.4 is 0 Å². The van der Waals surface area contributed by atoms with Crippen LogP contribution in [0.15, 0.2) is 22.6 Å². The van der Waals surface area contributed by atoms with Gasteiger partial charge in [0.25, 0.3) is 5.92 Å². The number of benzene rings is 1. The van der Waals surface area contributed by atoms with Crippen LogP contribution in [0.1, 0.15) is 17.9 Å². The number of halogens is 2. The van der Waals surface area contributed by atoms with Crippen molar-refractivity contribution in [3.63, 3.8) is 0 Å². The lowest BCUT2D eigenvalue weighted by Gasteiger charge is -2.12. The van der Waals surface area contributed by atoms with Crippen LogP contribution >= 0.6 is 0 Å². The molecule has 0 radical (unpaired) electrons. The quantitative estimate of drug-likeness (QED) is 0.784. The molecule has 3 nitrogen and oxygen atoms in total. The maximum atomic E-state index is 13.4. The van der Waals surface area contributed by atoms with Gasteiger partial charge in [0.1, 0.15) is 11.9 Å². The fourth-order valence-electron chi connectivity index (χ4n) is 1.47. The highest BCUT2D eigenvalue weighted by atomic mass is 19.3. The minimum Gasteiger partial charge on any atom is -0.441 e. The summed E-state index contributed by atoms with van der Waals surface area (Å²) in [5.41, 5.74) is 0.624. The molecule has 0 fully saturated rings. The van der Waals surface area contributed by atoms with Gasteiger partial charge in [-0.25, -0.2) is 13.8 Å². The zero-order valence-electron chi connectivity index (χ0n) is 8.50. The van der Waals surface area contributed by atoms with Gasteiger partial charge < -0.3 is 4.42 Å². The van der Waals surface area contributed by atoms with Gasteiger partial charge >= 0.3 is 0 Å². The van der Waals surface area contributed by atoms with Crippen LogP contribution in [-0.2, 0) is 5.92 Å². The highest BCUT2D eigenvalue weighted by molar-refractivity contribution is 5.73. The predicted octanol–water partition coefficient (Wildman–Crippen LogP) is 3.14. The summed E-state index contributed by atoms with van der Waals surface area (Å²) in [5.74, 6) is -2.72. The molecule has 0 saturated heterocycles. The van der Waals surface area contributed by atoms with Crippen molar-refractivity contribution in [3.8, 4) is 6.07 Å². The van der Waals surface area contributed by atoms with Crippen molar-refractivity contribution in [1.29, 1.82) is 5.26 Å². The average molecular weight is 222 g/mol. The number of rotatable bonds is 2. The zero-order valence-corrected chi connectivity index (χ0v) is 8.50. The molecule has 0 N–H and O–H groups in total. The van der Waals surface area contributed by atoms with E-state index in [1.165, 1.54) is 24.3 Å². The molecule has 0 aliphatic rings. The first-order valence-electron chi connectivity index (χ1n) is 4.65. The van der Waals surface area contributed by atoms with E-state index >= 15 is 0 Å². The molecule has 0 aliphatic heterocycles. The SMILES string of the molecule is Cc1nc2ccc(C(F)(F)CC#N)cc2o1. The van der Waals surface area contributed by atoms with Gasteiger partial charge in [-0.2, -0.15) is 5.26 Å². The lowest BCUT2D eigenvalue weighted by atomic mass is 10.1. The summed E-state index contributed by atoms with van der Waals surface area (Å²) in [4.78, 5) is 4.01. The van der Waals surface area contributed by atoms with Crippen LogP contribution in [0.25, 0.3) is 11.1 Å². The number of nitrogens with zero attached hydrogens (tertiary/aromatic N) is 2. The van der Waals surface area contributed by atoms with E-state index in [0.717, 1.165) is 0 Å². The van der Waals surface area contributed by atoms with Gasteiger partial charge in [0.15, 0.2) is 11.5 Å². The van der Waals surface area contributed by atoms with Gasteiger partial charge in [-0.3, -0.25) is 0 Å². The molecule has 5 heteroatoms. The summed E-state index contributed by atoms with van der Waals surface area (Å²) in [7, 11) is 0. The Morgan fingerprint density at radius 3 is 2.94 bits per heavy atom. The highest BCUT2D eigenvalue weighted by Crippen LogP contribution is 2.33. The van der Waals surface area contributed by atoms with Crippen LogP contribution in [0.4, 0.5) is 8.78 Å². The van der Waals surface area contributed by atoms with Crippen LogP contribution in [0.5, 0.6) is 0 Å². The molecule has 0 bridgehead atoms. The fourth-order valence-corrected chi connectivity index (χ4v) is 1.47. The molecule has 0 spiro atoms. The van der Waals surface area contributed by atoms with Gasteiger partial charge in [-0.15, -0.1) is 0 Å². The van der Waals surface area contributed by atoms with E-state index in [-0.39, 0.29) is 5.56 Å². The van der Waals surface area contributed by atoms with E-state index < -0.39 is 12.3 Å². The molecule has 0 saturated carbocycles.